The molecule has 0 aliphatic carbocycles. The molecule has 1 heterocycles. The van der Waals surface area contributed by atoms with Gasteiger partial charge in [-0.2, -0.15) is 0 Å². The molecule has 1 atom stereocenters. The van der Waals surface area contributed by atoms with Gasteiger partial charge in [0.1, 0.15) is 5.92 Å². The fraction of sp³-hybridized carbons (Fsp3) is 0.714. The Bertz CT molecular complexity index is 171. The summed E-state index contributed by atoms with van der Waals surface area (Å²) in [5.41, 5.74) is 0. The fourth-order valence-corrected chi connectivity index (χ4v) is 1.13. The number of ketones is 1. The van der Waals surface area contributed by atoms with Gasteiger partial charge in [0.05, 0.1) is 13.7 Å². The highest BCUT2D eigenvalue weighted by atomic mass is 16.5. The van der Waals surface area contributed by atoms with Gasteiger partial charge in [-0.1, -0.05) is 0 Å². The number of esters is 1. The van der Waals surface area contributed by atoms with Crippen LogP contribution in [0.2, 0.25) is 0 Å². The van der Waals surface area contributed by atoms with E-state index in [4.69, 9.17) is 0 Å². The minimum Gasteiger partial charge on any atom is -0.468 e. The van der Waals surface area contributed by atoms with Crippen LogP contribution in [-0.2, 0) is 14.3 Å². The molecule has 4 heteroatoms. The third kappa shape index (κ3) is 1.77. The molecule has 1 saturated heterocycles. The van der Waals surface area contributed by atoms with Crippen molar-refractivity contribution in [2.75, 3.05) is 20.2 Å². The topological polar surface area (TPSA) is 55.4 Å². The van der Waals surface area contributed by atoms with Crippen LogP contribution in [0, 0.1) is 5.92 Å². The summed E-state index contributed by atoms with van der Waals surface area (Å²) in [5.74, 6) is -0.999. The molecular formula is C7H11NO3. The Balaban J connectivity index is 2.54. The summed E-state index contributed by atoms with van der Waals surface area (Å²) in [4.78, 5) is 21.9. The van der Waals surface area contributed by atoms with Gasteiger partial charge in [0.15, 0.2) is 5.78 Å². The van der Waals surface area contributed by atoms with Crippen LogP contribution in [0.4, 0.5) is 0 Å². The van der Waals surface area contributed by atoms with Gasteiger partial charge in [0, 0.05) is 0 Å². The van der Waals surface area contributed by atoms with E-state index in [2.05, 4.69) is 10.1 Å². The summed E-state index contributed by atoms with van der Waals surface area (Å²) >= 11 is 0. The average molecular weight is 157 g/mol. The molecule has 1 N–H and O–H groups in total. The normalized spacial score (nSPS) is 24.8. The molecule has 4 nitrogen and oxygen atoms in total. The third-order valence-corrected chi connectivity index (χ3v) is 1.78. The summed E-state index contributed by atoms with van der Waals surface area (Å²) in [6.07, 6.45) is 0.561. The van der Waals surface area contributed by atoms with Gasteiger partial charge in [-0.15, -0.1) is 0 Å². The molecule has 0 radical (unpaired) electrons. The van der Waals surface area contributed by atoms with Gasteiger partial charge >= 0.3 is 5.97 Å². The Hall–Kier alpha value is -0.900. The summed E-state index contributed by atoms with van der Waals surface area (Å²) < 4.78 is 4.47. The number of methoxy groups -OCH3 is 1. The summed E-state index contributed by atoms with van der Waals surface area (Å²) in [6.45, 7) is 1.01. The first-order valence-electron chi connectivity index (χ1n) is 3.57. The zero-order valence-electron chi connectivity index (χ0n) is 6.42. The predicted octanol–water partition coefficient (Wildman–Crippen LogP) is -0.662. The first-order valence-corrected chi connectivity index (χ1v) is 3.57. The SMILES string of the molecule is COC(=O)[C@@H]1CCNCC1=O. The Morgan fingerprint density at radius 2 is 2.45 bits per heavy atom. The number of rotatable bonds is 1. The maximum Gasteiger partial charge on any atom is 0.316 e. The number of ether oxygens (including phenoxy) is 1. The Kier molecular flexibility index (Phi) is 2.59. The maximum atomic E-state index is 11.0. The van der Waals surface area contributed by atoms with E-state index >= 15 is 0 Å². The zero-order valence-corrected chi connectivity index (χ0v) is 6.42. The van der Waals surface area contributed by atoms with Crippen LogP contribution in [0.15, 0.2) is 0 Å². The molecule has 0 saturated carbocycles. The standard InChI is InChI=1S/C7H11NO3/c1-11-7(10)5-2-3-8-4-6(5)9/h5,8H,2-4H2,1H3/t5-/m1/s1. The molecule has 0 aromatic carbocycles. The maximum absolute atomic E-state index is 11.0. The molecule has 0 aromatic heterocycles. The van der Waals surface area contributed by atoms with Crippen molar-refractivity contribution in [1.82, 2.24) is 5.32 Å². The number of hydrogen-bond acceptors (Lipinski definition) is 4. The molecule has 1 fully saturated rings. The number of carbonyl (C=O) groups excluding carboxylic acids is 2. The number of hydrogen-bond donors (Lipinski definition) is 1. The van der Waals surface area contributed by atoms with Gasteiger partial charge in [-0.3, -0.25) is 9.59 Å². The van der Waals surface area contributed by atoms with Crippen molar-refractivity contribution < 1.29 is 14.3 Å². The molecule has 1 rings (SSSR count). The smallest absolute Gasteiger partial charge is 0.316 e. The molecule has 11 heavy (non-hydrogen) atoms. The number of nitrogens with one attached hydrogen (secondary N) is 1. The molecule has 1 aliphatic rings. The van der Waals surface area contributed by atoms with Crippen molar-refractivity contribution in [2.24, 2.45) is 5.92 Å². The van der Waals surface area contributed by atoms with Gasteiger partial charge in [-0.05, 0) is 13.0 Å². The van der Waals surface area contributed by atoms with Gasteiger partial charge in [0.25, 0.3) is 0 Å². The molecule has 0 bridgehead atoms. The molecule has 62 valence electrons. The Morgan fingerprint density at radius 3 is 3.00 bits per heavy atom. The molecule has 0 aromatic rings. The predicted molar refractivity (Wildman–Crippen MR) is 38.0 cm³/mol. The van der Waals surface area contributed by atoms with Crippen molar-refractivity contribution in [2.45, 2.75) is 6.42 Å². The van der Waals surface area contributed by atoms with E-state index in [0.717, 1.165) is 0 Å². The summed E-state index contributed by atoms with van der Waals surface area (Å²) in [7, 11) is 1.30. The van der Waals surface area contributed by atoms with Crippen molar-refractivity contribution in [3.63, 3.8) is 0 Å². The summed E-state index contributed by atoms with van der Waals surface area (Å²) in [6, 6.07) is 0. The van der Waals surface area contributed by atoms with Crippen LogP contribution in [0.5, 0.6) is 0 Å². The van der Waals surface area contributed by atoms with Crippen molar-refractivity contribution >= 4 is 11.8 Å². The molecule has 1 aliphatic heterocycles. The third-order valence-electron chi connectivity index (χ3n) is 1.78. The quantitative estimate of drug-likeness (QED) is 0.405. The van der Waals surface area contributed by atoms with Gasteiger partial charge in [0.2, 0.25) is 0 Å². The molecule has 0 unspecified atom stereocenters. The largest absolute Gasteiger partial charge is 0.468 e. The molecule has 0 amide bonds. The van der Waals surface area contributed by atoms with E-state index in [1.54, 1.807) is 0 Å². The van der Waals surface area contributed by atoms with Gasteiger partial charge < -0.3 is 10.1 Å². The van der Waals surface area contributed by atoms with Crippen LogP contribution < -0.4 is 5.32 Å². The molecule has 0 spiro atoms. The lowest BCUT2D eigenvalue weighted by Crippen LogP contribution is -2.40. The second-order valence-corrected chi connectivity index (χ2v) is 2.51. The lowest BCUT2D eigenvalue weighted by Gasteiger charge is -2.18. The van der Waals surface area contributed by atoms with E-state index < -0.39 is 11.9 Å². The number of carbonyl (C=O) groups is 2. The second-order valence-electron chi connectivity index (χ2n) is 2.51. The van der Waals surface area contributed by atoms with E-state index in [0.29, 0.717) is 19.5 Å². The van der Waals surface area contributed by atoms with E-state index in [1.807, 2.05) is 0 Å². The molecular weight excluding hydrogens is 146 g/mol. The van der Waals surface area contributed by atoms with Crippen molar-refractivity contribution in [3.05, 3.63) is 0 Å². The minimum absolute atomic E-state index is 0.0666. The van der Waals surface area contributed by atoms with Crippen LogP contribution in [0.3, 0.4) is 0 Å². The monoisotopic (exact) mass is 157 g/mol. The zero-order chi connectivity index (χ0) is 8.27. The van der Waals surface area contributed by atoms with E-state index in [1.165, 1.54) is 7.11 Å². The van der Waals surface area contributed by atoms with Crippen molar-refractivity contribution in [1.29, 1.82) is 0 Å². The van der Waals surface area contributed by atoms with E-state index in [9.17, 15) is 9.59 Å². The lowest BCUT2D eigenvalue weighted by molar-refractivity contribution is -0.150. The number of piperidine rings is 1. The second kappa shape index (κ2) is 3.48. The van der Waals surface area contributed by atoms with Crippen LogP contribution in [0.25, 0.3) is 0 Å². The average Bonchev–Trinajstić information content (AvgIpc) is 2.04. The van der Waals surface area contributed by atoms with Crippen LogP contribution >= 0.6 is 0 Å². The minimum atomic E-state index is -0.527. The lowest BCUT2D eigenvalue weighted by atomic mass is 9.97. The van der Waals surface area contributed by atoms with E-state index in [-0.39, 0.29) is 5.78 Å². The first kappa shape index (κ1) is 8.20. The number of Topliss-reactive ketones (excluding diaryl/α,β-unsaturated/α-hetero) is 1. The highest BCUT2D eigenvalue weighted by Gasteiger charge is 2.29. The highest BCUT2D eigenvalue weighted by molar-refractivity contribution is 6.00. The Labute approximate surface area is 64.9 Å². The Morgan fingerprint density at radius 1 is 1.73 bits per heavy atom. The van der Waals surface area contributed by atoms with Gasteiger partial charge in [-0.25, -0.2) is 0 Å². The summed E-state index contributed by atoms with van der Waals surface area (Å²) in [5, 5.41) is 2.89. The fourth-order valence-electron chi connectivity index (χ4n) is 1.13. The highest BCUT2D eigenvalue weighted by Crippen LogP contribution is 2.09. The van der Waals surface area contributed by atoms with Crippen LogP contribution in [-0.4, -0.2) is 32.0 Å². The first-order chi connectivity index (χ1) is 5.25. The van der Waals surface area contributed by atoms with Crippen LogP contribution in [0.1, 0.15) is 6.42 Å². The van der Waals surface area contributed by atoms with Crippen molar-refractivity contribution in [3.8, 4) is 0 Å².